The van der Waals surface area contributed by atoms with E-state index in [1.807, 2.05) is 0 Å². The van der Waals surface area contributed by atoms with Crippen molar-refractivity contribution in [1.29, 1.82) is 0 Å². The van der Waals surface area contributed by atoms with Gasteiger partial charge >= 0.3 is 0 Å². The molecule has 23 heavy (non-hydrogen) atoms. The number of rotatable bonds is 4. The molecule has 4 N–H and O–H groups in total. The second kappa shape index (κ2) is 6.12. The summed E-state index contributed by atoms with van der Waals surface area (Å²) in [5.74, 6) is -0.293. The lowest BCUT2D eigenvalue weighted by Crippen LogP contribution is -2.12. The van der Waals surface area contributed by atoms with Crippen LogP contribution in [-0.2, 0) is 25.6 Å². The van der Waals surface area contributed by atoms with Gasteiger partial charge in [0.05, 0.1) is 26.3 Å². The maximum atomic E-state index is 12.5. The molecule has 0 fully saturated rings. The van der Waals surface area contributed by atoms with Gasteiger partial charge < -0.3 is 5.73 Å². The molecule has 0 unspecified atom stereocenters. The van der Waals surface area contributed by atoms with Crippen molar-refractivity contribution in [1.82, 2.24) is 0 Å². The van der Waals surface area contributed by atoms with Gasteiger partial charge in [0, 0.05) is 0 Å². The highest BCUT2D eigenvalue weighted by molar-refractivity contribution is 7.90. The molecule has 6 nitrogen and oxygen atoms in total. The molecule has 0 saturated carbocycles. The first-order valence-electron chi connectivity index (χ1n) is 6.41. The molecule has 2 aromatic rings. The largest absolute Gasteiger partial charge is 0.398 e. The second-order valence-electron chi connectivity index (χ2n) is 5.09. The summed E-state index contributed by atoms with van der Waals surface area (Å²) in [7, 11) is -7.47. The van der Waals surface area contributed by atoms with E-state index < -0.39 is 19.9 Å². The summed E-state index contributed by atoms with van der Waals surface area (Å²) in [5, 5.41) is 5.17. The number of benzene rings is 2. The van der Waals surface area contributed by atoms with Crippen LogP contribution in [0.4, 0.5) is 5.69 Å². The topological polar surface area (TPSA) is 120 Å². The van der Waals surface area contributed by atoms with E-state index in [2.05, 4.69) is 0 Å². The van der Waals surface area contributed by atoms with Crippen molar-refractivity contribution in [2.45, 2.75) is 22.5 Å². The summed E-state index contributed by atoms with van der Waals surface area (Å²) < 4.78 is 47.4. The number of hydrogen-bond donors (Lipinski definition) is 2. The zero-order chi connectivity index (χ0) is 17.4. The Bertz CT molecular complexity index is 953. The number of halogens is 1. The molecule has 0 saturated heterocycles. The Balaban J connectivity index is 2.37. The lowest BCUT2D eigenvalue weighted by molar-refractivity contribution is 0.594. The maximum absolute atomic E-state index is 12.5. The van der Waals surface area contributed by atoms with Crippen molar-refractivity contribution in [3.05, 3.63) is 52.5 Å². The lowest BCUT2D eigenvalue weighted by atomic mass is 10.2. The number of anilines is 1. The molecule has 9 heteroatoms. The fraction of sp³-hybridized carbons (Fsp3) is 0.143. The Morgan fingerprint density at radius 2 is 1.61 bits per heavy atom. The molecule has 124 valence electrons. The Kier molecular flexibility index (Phi) is 4.72. The monoisotopic (exact) mass is 374 g/mol. The van der Waals surface area contributed by atoms with Crippen LogP contribution in [0.25, 0.3) is 0 Å². The zero-order valence-corrected chi connectivity index (χ0v) is 14.5. The molecular weight excluding hydrogens is 360 g/mol. The SMILES string of the molecule is Cc1cc(N)c(Cl)cc1S(=O)(=O)Cc1ccc(S(N)(=O)=O)cc1. The first-order valence-corrected chi connectivity index (χ1v) is 9.98. The molecule has 2 aromatic carbocycles. The van der Waals surface area contributed by atoms with Crippen molar-refractivity contribution >= 4 is 37.1 Å². The summed E-state index contributed by atoms with van der Waals surface area (Å²) in [6, 6.07) is 8.17. The summed E-state index contributed by atoms with van der Waals surface area (Å²) >= 11 is 5.90. The van der Waals surface area contributed by atoms with Crippen molar-refractivity contribution in [3.63, 3.8) is 0 Å². The molecule has 0 heterocycles. The van der Waals surface area contributed by atoms with Gasteiger partial charge in [-0.2, -0.15) is 0 Å². The van der Waals surface area contributed by atoms with E-state index >= 15 is 0 Å². The highest BCUT2D eigenvalue weighted by atomic mass is 35.5. The van der Waals surface area contributed by atoms with E-state index in [9.17, 15) is 16.8 Å². The normalized spacial score (nSPS) is 12.3. The van der Waals surface area contributed by atoms with Crippen LogP contribution in [-0.4, -0.2) is 16.8 Å². The number of primary sulfonamides is 1. The fourth-order valence-corrected chi connectivity index (χ4v) is 4.47. The smallest absolute Gasteiger partial charge is 0.238 e. The molecule has 0 aromatic heterocycles. The summed E-state index contributed by atoms with van der Waals surface area (Å²) in [5.41, 5.74) is 6.88. The molecule has 0 aliphatic heterocycles. The van der Waals surface area contributed by atoms with Crippen LogP contribution < -0.4 is 10.9 Å². The van der Waals surface area contributed by atoms with Crippen LogP contribution in [0.1, 0.15) is 11.1 Å². The second-order valence-corrected chi connectivity index (χ2v) is 9.01. The summed E-state index contributed by atoms with van der Waals surface area (Å²) in [6.45, 7) is 1.63. The minimum Gasteiger partial charge on any atom is -0.398 e. The average Bonchev–Trinajstić information content (AvgIpc) is 2.41. The molecule has 2 rings (SSSR count). The van der Waals surface area contributed by atoms with E-state index in [1.54, 1.807) is 6.92 Å². The van der Waals surface area contributed by atoms with Gasteiger partial charge in [-0.05, 0) is 42.3 Å². The number of sulfonamides is 1. The van der Waals surface area contributed by atoms with Crippen LogP contribution in [0.3, 0.4) is 0 Å². The number of aryl methyl sites for hydroxylation is 1. The van der Waals surface area contributed by atoms with Gasteiger partial charge in [-0.3, -0.25) is 0 Å². The zero-order valence-electron chi connectivity index (χ0n) is 12.2. The number of nitrogen functional groups attached to an aromatic ring is 1. The minimum absolute atomic E-state index is 0.0784. The van der Waals surface area contributed by atoms with Crippen molar-refractivity contribution in [3.8, 4) is 0 Å². The van der Waals surface area contributed by atoms with Crippen LogP contribution >= 0.6 is 11.6 Å². The number of sulfone groups is 1. The van der Waals surface area contributed by atoms with Gasteiger partial charge in [-0.15, -0.1) is 0 Å². The third-order valence-electron chi connectivity index (χ3n) is 3.24. The highest BCUT2D eigenvalue weighted by Gasteiger charge is 2.20. The Morgan fingerprint density at radius 3 is 2.13 bits per heavy atom. The Morgan fingerprint density at radius 1 is 1.04 bits per heavy atom. The maximum Gasteiger partial charge on any atom is 0.238 e. The molecule has 0 aliphatic rings. The summed E-state index contributed by atoms with van der Waals surface area (Å²) in [4.78, 5) is 0.0116. The first kappa shape index (κ1) is 17.7. The van der Waals surface area contributed by atoms with Gasteiger partial charge in [0.2, 0.25) is 10.0 Å². The van der Waals surface area contributed by atoms with Crippen molar-refractivity contribution in [2.24, 2.45) is 5.14 Å². The van der Waals surface area contributed by atoms with E-state index in [-0.39, 0.29) is 20.6 Å². The first-order chi connectivity index (χ1) is 10.5. The van der Waals surface area contributed by atoms with Gasteiger partial charge in [0.25, 0.3) is 0 Å². The van der Waals surface area contributed by atoms with E-state index in [1.165, 1.54) is 36.4 Å². The molecule has 0 atom stereocenters. The molecule has 0 radical (unpaired) electrons. The molecule has 0 spiro atoms. The standard InChI is InChI=1S/C14H15ClN2O4S2/c1-9-6-13(16)12(15)7-14(9)22(18,19)8-10-2-4-11(5-3-10)23(17,20)21/h2-7H,8,16H2,1H3,(H2,17,20,21). The van der Waals surface area contributed by atoms with Crippen molar-refractivity contribution < 1.29 is 16.8 Å². The molecule has 0 bridgehead atoms. The highest BCUT2D eigenvalue weighted by Crippen LogP contribution is 2.28. The molecule has 0 amide bonds. The van der Waals surface area contributed by atoms with Crippen LogP contribution in [0, 0.1) is 6.92 Å². The molecular formula is C14H15ClN2O4S2. The van der Waals surface area contributed by atoms with Gasteiger partial charge in [-0.1, -0.05) is 23.7 Å². The third kappa shape index (κ3) is 4.03. The van der Waals surface area contributed by atoms with Crippen LogP contribution in [0.5, 0.6) is 0 Å². The van der Waals surface area contributed by atoms with Gasteiger partial charge in [-0.25, -0.2) is 22.0 Å². The van der Waals surface area contributed by atoms with Crippen LogP contribution in [0.2, 0.25) is 5.02 Å². The van der Waals surface area contributed by atoms with Crippen LogP contribution in [0.15, 0.2) is 46.2 Å². The lowest BCUT2D eigenvalue weighted by Gasteiger charge is -2.10. The van der Waals surface area contributed by atoms with Crippen molar-refractivity contribution in [2.75, 3.05) is 5.73 Å². The Hall–Kier alpha value is -1.61. The van der Waals surface area contributed by atoms with E-state index in [0.717, 1.165) is 0 Å². The third-order valence-corrected chi connectivity index (χ3v) is 6.32. The number of nitrogens with two attached hydrogens (primary N) is 2. The predicted octanol–water partition coefficient (Wildman–Crippen LogP) is 1.85. The Labute approximate surface area is 140 Å². The predicted molar refractivity (Wildman–Crippen MR) is 89.3 cm³/mol. The van der Waals surface area contributed by atoms with E-state index in [4.69, 9.17) is 22.5 Å². The van der Waals surface area contributed by atoms with E-state index in [0.29, 0.717) is 16.8 Å². The quantitative estimate of drug-likeness (QED) is 0.791. The van der Waals surface area contributed by atoms with Gasteiger partial charge in [0.1, 0.15) is 0 Å². The average molecular weight is 375 g/mol. The number of hydrogen-bond acceptors (Lipinski definition) is 5. The fourth-order valence-electron chi connectivity index (χ4n) is 2.09. The summed E-state index contributed by atoms with van der Waals surface area (Å²) in [6.07, 6.45) is 0. The van der Waals surface area contributed by atoms with Gasteiger partial charge in [0.15, 0.2) is 9.84 Å². The molecule has 0 aliphatic carbocycles. The minimum atomic E-state index is -3.81.